The Hall–Kier alpha value is -3.09. The van der Waals surface area contributed by atoms with Gasteiger partial charge >= 0.3 is 0 Å². The van der Waals surface area contributed by atoms with E-state index in [0.717, 1.165) is 0 Å². The number of hydrogen-bond donors (Lipinski definition) is 2. The van der Waals surface area contributed by atoms with Crippen LogP contribution in [0.3, 0.4) is 0 Å². The van der Waals surface area contributed by atoms with E-state index in [2.05, 4.69) is 10.6 Å². The molecule has 0 aliphatic carbocycles. The molecule has 0 spiro atoms. The minimum atomic E-state index is -0.611. The molecule has 132 valence electrons. The molecule has 0 saturated carbocycles. The number of anilines is 2. The summed E-state index contributed by atoms with van der Waals surface area (Å²) >= 11 is 0. The van der Waals surface area contributed by atoms with E-state index in [0.29, 0.717) is 23.8 Å². The summed E-state index contributed by atoms with van der Waals surface area (Å²) in [7, 11) is 1.47. The van der Waals surface area contributed by atoms with Crippen molar-refractivity contribution in [1.29, 1.82) is 0 Å². The predicted molar refractivity (Wildman–Crippen MR) is 92.8 cm³/mol. The lowest BCUT2D eigenvalue weighted by atomic mass is 10.1. The van der Waals surface area contributed by atoms with Crippen molar-refractivity contribution in [3.05, 3.63) is 47.8 Å². The van der Waals surface area contributed by atoms with Crippen LogP contribution in [0.1, 0.15) is 24.2 Å². The number of ether oxygens (including phenoxy) is 2. The summed E-state index contributed by atoms with van der Waals surface area (Å²) < 4.78 is 24.5. The zero-order valence-corrected chi connectivity index (χ0v) is 14.2. The van der Waals surface area contributed by atoms with Gasteiger partial charge in [-0.15, -0.1) is 0 Å². The van der Waals surface area contributed by atoms with E-state index in [1.54, 1.807) is 12.1 Å². The Bertz CT molecular complexity index is 793. The van der Waals surface area contributed by atoms with Crippen molar-refractivity contribution in [1.82, 2.24) is 0 Å². The van der Waals surface area contributed by atoms with E-state index in [4.69, 9.17) is 9.47 Å². The number of methoxy groups -OCH3 is 1. The van der Waals surface area contributed by atoms with Crippen LogP contribution in [0.5, 0.6) is 11.5 Å². The molecule has 6 nitrogen and oxygen atoms in total. The maximum absolute atomic E-state index is 13.9. The van der Waals surface area contributed by atoms with Crippen LogP contribution < -0.4 is 20.1 Å². The molecule has 0 radical (unpaired) electrons. The van der Waals surface area contributed by atoms with Gasteiger partial charge in [0.15, 0.2) is 11.5 Å². The van der Waals surface area contributed by atoms with Crippen LogP contribution in [-0.2, 0) is 4.79 Å². The fraction of sp³-hybridized carbons (Fsp3) is 0.222. The lowest BCUT2D eigenvalue weighted by Gasteiger charge is -2.12. The highest BCUT2D eigenvalue weighted by atomic mass is 19.1. The fourth-order valence-corrected chi connectivity index (χ4v) is 2.18. The highest BCUT2D eigenvalue weighted by Crippen LogP contribution is 2.28. The predicted octanol–water partition coefficient (Wildman–Crippen LogP) is 3.44. The van der Waals surface area contributed by atoms with Crippen molar-refractivity contribution in [2.45, 2.75) is 13.8 Å². The molecule has 25 heavy (non-hydrogen) atoms. The molecule has 0 fully saturated rings. The summed E-state index contributed by atoms with van der Waals surface area (Å²) in [5.41, 5.74) is 0.627. The normalized spacial score (nSPS) is 10.1. The number of rotatable bonds is 6. The summed E-state index contributed by atoms with van der Waals surface area (Å²) in [4.78, 5) is 23.5. The Balaban J connectivity index is 2.23. The molecule has 0 aliphatic heterocycles. The molecule has 2 aromatic rings. The van der Waals surface area contributed by atoms with Crippen molar-refractivity contribution in [2.24, 2.45) is 0 Å². The summed E-state index contributed by atoms with van der Waals surface area (Å²) in [5, 5.41) is 5.01. The van der Waals surface area contributed by atoms with E-state index in [1.165, 1.54) is 38.3 Å². The first-order chi connectivity index (χ1) is 11.9. The molecular weight excluding hydrogens is 327 g/mol. The Morgan fingerprint density at radius 1 is 1.08 bits per heavy atom. The first-order valence-electron chi connectivity index (χ1n) is 7.64. The van der Waals surface area contributed by atoms with E-state index >= 15 is 0 Å². The third-order valence-corrected chi connectivity index (χ3v) is 3.26. The van der Waals surface area contributed by atoms with Crippen molar-refractivity contribution in [2.75, 3.05) is 24.4 Å². The van der Waals surface area contributed by atoms with Crippen molar-refractivity contribution in [3.8, 4) is 11.5 Å². The number of hydrogen-bond acceptors (Lipinski definition) is 4. The molecule has 0 aliphatic rings. The molecule has 0 aromatic heterocycles. The maximum Gasteiger partial charge on any atom is 0.255 e. The summed E-state index contributed by atoms with van der Waals surface area (Å²) in [6.45, 7) is 3.64. The number of carbonyl (C=O) groups is 2. The van der Waals surface area contributed by atoms with Crippen molar-refractivity contribution >= 4 is 23.2 Å². The van der Waals surface area contributed by atoms with E-state index < -0.39 is 11.7 Å². The van der Waals surface area contributed by atoms with Crippen LogP contribution in [0.4, 0.5) is 15.8 Å². The minimum absolute atomic E-state index is 0.0379. The Kier molecular flexibility index (Phi) is 5.94. The van der Waals surface area contributed by atoms with Crippen LogP contribution in [0.2, 0.25) is 0 Å². The molecular formula is C18H19FN2O4. The molecule has 0 heterocycles. The number of carbonyl (C=O) groups excluding carboxylic acids is 2. The number of amides is 2. The molecule has 0 unspecified atom stereocenters. The van der Waals surface area contributed by atoms with E-state index in [9.17, 15) is 14.0 Å². The van der Waals surface area contributed by atoms with Gasteiger partial charge in [-0.25, -0.2) is 4.39 Å². The second-order valence-electron chi connectivity index (χ2n) is 5.13. The zero-order valence-electron chi connectivity index (χ0n) is 14.2. The minimum Gasteiger partial charge on any atom is -0.493 e. The van der Waals surface area contributed by atoms with Gasteiger partial charge in [-0.05, 0) is 43.3 Å². The molecule has 2 N–H and O–H groups in total. The summed E-state index contributed by atoms with van der Waals surface area (Å²) in [6.07, 6.45) is 0. The summed E-state index contributed by atoms with van der Waals surface area (Å²) in [6, 6.07) is 8.60. The van der Waals surface area contributed by atoms with Crippen LogP contribution >= 0.6 is 0 Å². The van der Waals surface area contributed by atoms with Gasteiger partial charge < -0.3 is 20.1 Å². The number of nitrogens with one attached hydrogen (secondary N) is 2. The van der Waals surface area contributed by atoms with Gasteiger partial charge in [0.25, 0.3) is 5.91 Å². The molecule has 0 atom stereocenters. The maximum atomic E-state index is 13.9. The van der Waals surface area contributed by atoms with Crippen LogP contribution in [0.25, 0.3) is 0 Å². The van der Waals surface area contributed by atoms with Gasteiger partial charge in [0.2, 0.25) is 5.91 Å². The SMILES string of the molecule is CCOc1ccc(C(=O)Nc2cc(NC(C)=O)ccc2F)cc1OC. The van der Waals surface area contributed by atoms with Crippen LogP contribution in [0.15, 0.2) is 36.4 Å². The van der Waals surface area contributed by atoms with E-state index in [1.807, 2.05) is 6.92 Å². The molecule has 2 rings (SSSR count). The van der Waals surface area contributed by atoms with Gasteiger partial charge in [0.05, 0.1) is 19.4 Å². The lowest BCUT2D eigenvalue weighted by Crippen LogP contribution is -2.14. The van der Waals surface area contributed by atoms with Crippen molar-refractivity contribution < 1.29 is 23.5 Å². The fourth-order valence-electron chi connectivity index (χ4n) is 2.18. The monoisotopic (exact) mass is 346 g/mol. The van der Waals surface area contributed by atoms with Crippen LogP contribution in [0, 0.1) is 5.82 Å². The highest BCUT2D eigenvalue weighted by molar-refractivity contribution is 6.05. The smallest absolute Gasteiger partial charge is 0.255 e. The zero-order chi connectivity index (χ0) is 18.4. The molecule has 2 aromatic carbocycles. The van der Waals surface area contributed by atoms with Gasteiger partial charge in [-0.3, -0.25) is 9.59 Å². The largest absolute Gasteiger partial charge is 0.493 e. The Morgan fingerprint density at radius 2 is 1.84 bits per heavy atom. The Morgan fingerprint density at radius 3 is 2.48 bits per heavy atom. The topological polar surface area (TPSA) is 76.7 Å². The molecule has 0 bridgehead atoms. The highest BCUT2D eigenvalue weighted by Gasteiger charge is 2.13. The summed E-state index contributed by atoms with van der Waals surface area (Å²) in [5.74, 6) is -0.497. The van der Waals surface area contributed by atoms with Gasteiger partial charge in [0.1, 0.15) is 5.82 Å². The van der Waals surface area contributed by atoms with Crippen LogP contribution in [-0.4, -0.2) is 25.5 Å². The second kappa shape index (κ2) is 8.14. The third-order valence-electron chi connectivity index (χ3n) is 3.26. The average molecular weight is 346 g/mol. The Labute approximate surface area is 144 Å². The van der Waals surface area contributed by atoms with Gasteiger partial charge in [0, 0.05) is 18.2 Å². The molecule has 7 heteroatoms. The standard InChI is InChI=1S/C18H19FN2O4/c1-4-25-16-8-5-12(9-17(16)24-3)18(23)21-15-10-13(20-11(2)22)6-7-14(15)19/h5-10H,4H2,1-3H3,(H,20,22)(H,21,23). The average Bonchev–Trinajstić information content (AvgIpc) is 2.58. The quantitative estimate of drug-likeness (QED) is 0.840. The first-order valence-corrected chi connectivity index (χ1v) is 7.64. The van der Waals surface area contributed by atoms with E-state index in [-0.39, 0.29) is 17.2 Å². The van der Waals surface area contributed by atoms with Crippen molar-refractivity contribution in [3.63, 3.8) is 0 Å². The molecule has 2 amide bonds. The van der Waals surface area contributed by atoms with Gasteiger partial charge in [-0.2, -0.15) is 0 Å². The van der Waals surface area contributed by atoms with Gasteiger partial charge in [-0.1, -0.05) is 0 Å². The molecule has 0 saturated heterocycles. The second-order valence-corrected chi connectivity index (χ2v) is 5.13. The lowest BCUT2D eigenvalue weighted by molar-refractivity contribution is -0.114. The number of benzene rings is 2. The first kappa shape index (κ1) is 18.3. The number of halogens is 1. The third kappa shape index (κ3) is 4.69.